The molecule has 0 aliphatic heterocycles. The number of Topliss-reactive ketones (excluding diaryl/α,β-unsaturated/α-hetero) is 1. The molecule has 1 fully saturated rings. The van der Waals surface area contributed by atoms with E-state index >= 15 is 0 Å². The number of ketones is 1. The zero-order valence-corrected chi connectivity index (χ0v) is 8.48. The van der Waals surface area contributed by atoms with Gasteiger partial charge in [-0.05, 0) is 24.3 Å². The van der Waals surface area contributed by atoms with Crippen LogP contribution in [0, 0.1) is 5.92 Å². The molecule has 0 spiro atoms. The molecular formula is C11H14OS. The molecule has 70 valence electrons. The summed E-state index contributed by atoms with van der Waals surface area (Å²) >= 11 is 1.58. The Morgan fingerprint density at radius 1 is 1.31 bits per heavy atom. The number of carbonyl (C=O) groups is 1. The van der Waals surface area contributed by atoms with E-state index in [1.807, 2.05) is 17.5 Å². The van der Waals surface area contributed by atoms with Gasteiger partial charge in [-0.2, -0.15) is 0 Å². The number of carbonyl (C=O) groups excluding carboxylic acids is 1. The molecule has 1 heterocycles. The SMILES string of the molecule is O=C(c1cccs1)C1CCCCC1. The van der Waals surface area contributed by atoms with Crippen LogP contribution in [0.3, 0.4) is 0 Å². The Morgan fingerprint density at radius 2 is 2.08 bits per heavy atom. The Hall–Kier alpha value is -0.630. The Bertz CT molecular complexity index is 270. The first-order chi connectivity index (χ1) is 6.38. The fourth-order valence-electron chi connectivity index (χ4n) is 1.98. The van der Waals surface area contributed by atoms with E-state index in [1.54, 1.807) is 11.3 Å². The quantitative estimate of drug-likeness (QED) is 0.658. The van der Waals surface area contributed by atoms with Crippen molar-refractivity contribution in [2.45, 2.75) is 32.1 Å². The predicted octanol–water partition coefficient (Wildman–Crippen LogP) is 3.51. The van der Waals surface area contributed by atoms with E-state index in [2.05, 4.69) is 0 Å². The van der Waals surface area contributed by atoms with Crippen LogP contribution in [-0.4, -0.2) is 5.78 Å². The van der Waals surface area contributed by atoms with E-state index in [1.165, 1.54) is 19.3 Å². The third-order valence-corrected chi connectivity index (χ3v) is 3.62. The van der Waals surface area contributed by atoms with E-state index in [0.717, 1.165) is 17.7 Å². The van der Waals surface area contributed by atoms with E-state index in [9.17, 15) is 4.79 Å². The Kier molecular flexibility index (Phi) is 2.79. The van der Waals surface area contributed by atoms with Crippen LogP contribution in [0.2, 0.25) is 0 Å². The molecule has 13 heavy (non-hydrogen) atoms. The maximum absolute atomic E-state index is 11.9. The van der Waals surface area contributed by atoms with Crippen molar-refractivity contribution >= 4 is 17.1 Å². The highest BCUT2D eigenvalue weighted by Crippen LogP contribution is 2.28. The smallest absolute Gasteiger partial charge is 0.175 e. The number of rotatable bonds is 2. The molecule has 0 saturated heterocycles. The van der Waals surface area contributed by atoms with E-state index in [-0.39, 0.29) is 0 Å². The van der Waals surface area contributed by atoms with Crippen LogP contribution in [0.25, 0.3) is 0 Å². The molecule has 0 atom stereocenters. The first-order valence-electron chi connectivity index (χ1n) is 4.95. The Morgan fingerprint density at radius 3 is 2.69 bits per heavy atom. The molecule has 0 amide bonds. The van der Waals surface area contributed by atoms with Crippen LogP contribution in [0.15, 0.2) is 17.5 Å². The van der Waals surface area contributed by atoms with Gasteiger partial charge in [-0.3, -0.25) is 4.79 Å². The van der Waals surface area contributed by atoms with Crippen LogP contribution < -0.4 is 0 Å². The van der Waals surface area contributed by atoms with Gasteiger partial charge in [0.2, 0.25) is 0 Å². The zero-order chi connectivity index (χ0) is 9.10. The van der Waals surface area contributed by atoms with Gasteiger partial charge in [0.15, 0.2) is 5.78 Å². The average Bonchev–Trinajstić information content (AvgIpc) is 2.71. The lowest BCUT2D eigenvalue weighted by molar-refractivity contribution is 0.0894. The molecule has 1 aliphatic rings. The van der Waals surface area contributed by atoms with Gasteiger partial charge in [0, 0.05) is 5.92 Å². The van der Waals surface area contributed by atoms with Gasteiger partial charge >= 0.3 is 0 Å². The van der Waals surface area contributed by atoms with Crippen molar-refractivity contribution in [3.63, 3.8) is 0 Å². The van der Waals surface area contributed by atoms with Crippen molar-refractivity contribution in [1.82, 2.24) is 0 Å². The monoisotopic (exact) mass is 194 g/mol. The molecule has 2 rings (SSSR count). The molecule has 1 aliphatic carbocycles. The lowest BCUT2D eigenvalue weighted by atomic mass is 9.86. The summed E-state index contributed by atoms with van der Waals surface area (Å²) < 4.78 is 0. The second kappa shape index (κ2) is 4.05. The fraction of sp³-hybridized carbons (Fsp3) is 0.545. The first kappa shape index (κ1) is 8.95. The van der Waals surface area contributed by atoms with Crippen LogP contribution >= 0.6 is 11.3 Å². The Balaban J connectivity index is 2.04. The number of hydrogen-bond acceptors (Lipinski definition) is 2. The number of hydrogen-bond donors (Lipinski definition) is 0. The lowest BCUT2D eigenvalue weighted by Gasteiger charge is -2.19. The minimum atomic E-state index is 0.326. The third-order valence-electron chi connectivity index (χ3n) is 2.74. The van der Waals surface area contributed by atoms with E-state index < -0.39 is 0 Å². The summed E-state index contributed by atoms with van der Waals surface area (Å²) in [5.41, 5.74) is 0. The van der Waals surface area contributed by atoms with Crippen LogP contribution in [0.4, 0.5) is 0 Å². The van der Waals surface area contributed by atoms with Crippen molar-refractivity contribution in [2.75, 3.05) is 0 Å². The fourth-order valence-corrected chi connectivity index (χ4v) is 2.73. The van der Waals surface area contributed by atoms with E-state index in [4.69, 9.17) is 0 Å². The van der Waals surface area contributed by atoms with Gasteiger partial charge in [-0.25, -0.2) is 0 Å². The average molecular weight is 194 g/mol. The van der Waals surface area contributed by atoms with Crippen molar-refractivity contribution in [2.24, 2.45) is 5.92 Å². The van der Waals surface area contributed by atoms with Crippen molar-refractivity contribution in [1.29, 1.82) is 0 Å². The molecule has 0 aromatic carbocycles. The highest BCUT2D eigenvalue weighted by Gasteiger charge is 2.22. The lowest BCUT2D eigenvalue weighted by Crippen LogP contribution is -2.16. The Labute approximate surface area is 82.8 Å². The summed E-state index contributed by atoms with van der Waals surface area (Å²) in [6.07, 6.45) is 6.01. The molecule has 0 radical (unpaired) electrons. The van der Waals surface area contributed by atoms with E-state index in [0.29, 0.717) is 11.7 Å². The summed E-state index contributed by atoms with van der Waals surface area (Å²) in [5.74, 6) is 0.710. The van der Waals surface area contributed by atoms with Crippen molar-refractivity contribution in [3.8, 4) is 0 Å². The van der Waals surface area contributed by atoms with Gasteiger partial charge in [0.25, 0.3) is 0 Å². The van der Waals surface area contributed by atoms with Crippen molar-refractivity contribution < 1.29 is 4.79 Å². The topological polar surface area (TPSA) is 17.1 Å². The van der Waals surface area contributed by atoms with Gasteiger partial charge in [0.1, 0.15) is 0 Å². The second-order valence-corrected chi connectivity index (χ2v) is 4.62. The largest absolute Gasteiger partial charge is 0.293 e. The van der Waals surface area contributed by atoms with Crippen molar-refractivity contribution in [3.05, 3.63) is 22.4 Å². The molecule has 1 nitrogen and oxygen atoms in total. The predicted molar refractivity (Wildman–Crippen MR) is 55.2 cm³/mol. The van der Waals surface area contributed by atoms with Gasteiger partial charge in [-0.15, -0.1) is 11.3 Å². The first-order valence-corrected chi connectivity index (χ1v) is 5.83. The minimum absolute atomic E-state index is 0.326. The molecule has 0 unspecified atom stereocenters. The molecule has 1 aromatic rings. The molecule has 1 saturated carbocycles. The zero-order valence-electron chi connectivity index (χ0n) is 7.66. The summed E-state index contributed by atoms with van der Waals surface area (Å²) in [6, 6.07) is 3.91. The molecule has 0 N–H and O–H groups in total. The molecular weight excluding hydrogens is 180 g/mol. The molecule has 0 bridgehead atoms. The summed E-state index contributed by atoms with van der Waals surface area (Å²) in [6.45, 7) is 0. The third kappa shape index (κ3) is 1.99. The standard InChI is InChI=1S/C11H14OS/c12-11(10-7-4-8-13-10)9-5-2-1-3-6-9/h4,7-9H,1-3,5-6H2. The molecule has 2 heteroatoms. The van der Waals surface area contributed by atoms with Gasteiger partial charge in [-0.1, -0.05) is 25.3 Å². The molecule has 1 aromatic heterocycles. The number of thiophene rings is 1. The maximum atomic E-state index is 11.9. The second-order valence-electron chi connectivity index (χ2n) is 3.68. The summed E-state index contributed by atoms with van der Waals surface area (Å²) in [7, 11) is 0. The van der Waals surface area contributed by atoms with Crippen LogP contribution in [0.1, 0.15) is 41.8 Å². The van der Waals surface area contributed by atoms with Crippen LogP contribution in [-0.2, 0) is 0 Å². The van der Waals surface area contributed by atoms with Gasteiger partial charge in [0.05, 0.1) is 4.88 Å². The van der Waals surface area contributed by atoms with Gasteiger partial charge < -0.3 is 0 Å². The summed E-state index contributed by atoms with van der Waals surface area (Å²) in [5, 5.41) is 1.98. The summed E-state index contributed by atoms with van der Waals surface area (Å²) in [4.78, 5) is 12.8. The maximum Gasteiger partial charge on any atom is 0.175 e. The van der Waals surface area contributed by atoms with Crippen LogP contribution in [0.5, 0.6) is 0 Å². The minimum Gasteiger partial charge on any atom is -0.293 e. The highest BCUT2D eigenvalue weighted by molar-refractivity contribution is 7.12. The normalized spacial score (nSPS) is 18.8. The highest BCUT2D eigenvalue weighted by atomic mass is 32.1.